The van der Waals surface area contributed by atoms with Crippen LogP contribution in [0.5, 0.6) is 0 Å². The Hall–Kier alpha value is -0.610. The predicted octanol–water partition coefficient (Wildman–Crippen LogP) is 4.20. The molecule has 0 atom stereocenters. The number of carbonyl (C=O) groups excluding carboxylic acids is 1. The number of hydrogen-bond acceptors (Lipinski definition) is 3. The third-order valence-corrected chi connectivity index (χ3v) is 4.83. The summed E-state index contributed by atoms with van der Waals surface area (Å²) in [5.41, 5.74) is 0.601. The SMILES string of the molecule is [C-]#[N+]c1c(C(C)C)sc(C(=O)OCC)c1I. The van der Waals surface area contributed by atoms with Gasteiger partial charge in [-0.25, -0.2) is 9.64 Å². The highest BCUT2D eigenvalue weighted by atomic mass is 127. The van der Waals surface area contributed by atoms with Crippen molar-refractivity contribution in [1.82, 2.24) is 0 Å². The quantitative estimate of drug-likeness (QED) is 0.465. The number of hydrogen-bond donors (Lipinski definition) is 0. The van der Waals surface area contributed by atoms with E-state index in [-0.39, 0.29) is 11.9 Å². The van der Waals surface area contributed by atoms with Gasteiger partial charge in [-0.15, -0.1) is 11.3 Å². The lowest BCUT2D eigenvalue weighted by atomic mass is 10.1. The zero-order valence-electron chi connectivity index (χ0n) is 9.33. The van der Waals surface area contributed by atoms with E-state index in [2.05, 4.69) is 4.85 Å². The molecule has 0 aromatic carbocycles. The van der Waals surface area contributed by atoms with Crippen LogP contribution in [0.2, 0.25) is 0 Å². The monoisotopic (exact) mass is 349 g/mol. The Morgan fingerprint density at radius 1 is 1.62 bits per heavy atom. The number of nitrogens with zero attached hydrogens (tertiary/aromatic N) is 1. The summed E-state index contributed by atoms with van der Waals surface area (Å²) >= 11 is 3.42. The average Bonchev–Trinajstić information content (AvgIpc) is 2.55. The summed E-state index contributed by atoms with van der Waals surface area (Å²) in [6.45, 7) is 13.3. The number of rotatable bonds is 3. The summed E-state index contributed by atoms with van der Waals surface area (Å²) in [5.74, 6) is -0.0699. The van der Waals surface area contributed by atoms with Gasteiger partial charge >= 0.3 is 5.97 Å². The van der Waals surface area contributed by atoms with Crippen LogP contribution in [-0.4, -0.2) is 12.6 Å². The summed E-state index contributed by atoms with van der Waals surface area (Å²) in [4.78, 5) is 16.7. The molecular formula is C11H12INO2S. The number of esters is 1. The second-order valence-electron chi connectivity index (χ2n) is 3.45. The maximum absolute atomic E-state index is 11.7. The molecule has 0 saturated carbocycles. The van der Waals surface area contributed by atoms with E-state index in [9.17, 15) is 4.79 Å². The summed E-state index contributed by atoms with van der Waals surface area (Å²) in [7, 11) is 0. The Labute approximate surface area is 113 Å². The summed E-state index contributed by atoms with van der Waals surface area (Å²) in [5, 5.41) is 0. The van der Waals surface area contributed by atoms with Crippen molar-refractivity contribution in [2.24, 2.45) is 0 Å². The van der Waals surface area contributed by atoms with Crippen LogP contribution >= 0.6 is 33.9 Å². The van der Waals surface area contributed by atoms with Crippen LogP contribution in [0.25, 0.3) is 4.85 Å². The van der Waals surface area contributed by atoms with Crippen molar-refractivity contribution in [2.75, 3.05) is 6.61 Å². The second-order valence-corrected chi connectivity index (χ2v) is 5.58. The number of carbonyl (C=O) groups is 1. The lowest BCUT2D eigenvalue weighted by molar-refractivity contribution is 0.0531. The standard InChI is InChI=1S/C11H12INO2S/c1-5-15-11(14)10-7(12)8(13-4)9(16-10)6(2)3/h6H,5H2,1-3H3. The number of ether oxygens (including phenoxy) is 1. The summed E-state index contributed by atoms with van der Waals surface area (Å²) in [6.07, 6.45) is 0. The van der Waals surface area contributed by atoms with Gasteiger partial charge in [0.25, 0.3) is 0 Å². The fraction of sp³-hybridized carbons (Fsp3) is 0.455. The van der Waals surface area contributed by atoms with Crippen LogP contribution in [0.15, 0.2) is 0 Å². The van der Waals surface area contributed by atoms with E-state index in [1.807, 2.05) is 36.4 Å². The first-order valence-electron chi connectivity index (χ1n) is 4.89. The molecule has 1 heterocycles. The van der Waals surface area contributed by atoms with E-state index < -0.39 is 0 Å². The molecule has 0 aliphatic heterocycles. The zero-order valence-corrected chi connectivity index (χ0v) is 12.3. The Kier molecular flexibility index (Phi) is 4.74. The van der Waals surface area contributed by atoms with Crippen molar-refractivity contribution in [1.29, 1.82) is 0 Å². The fourth-order valence-corrected chi connectivity index (χ4v) is 3.42. The molecule has 0 spiro atoms. The average molecular weight is 349 g/mol. The van der Waals surface area contributed by atoms with Crippen molar-refractivity contribution in [3.63, 3.8) is 0 Å². The molecule has 0 aliphatic rings. The van der Waals surface area contributed by atoms with Crippen LogP contribution < -0.4 is 0 Å². The third kappa shape index (κ3) is 2.55. The van der Waals surface area contributed by atoms with E-state index in [4.69, 9.17) is 11.3 Å². The highest BCUT2D eigenvalue weighted by Gasteiger charge is 2.23. The topological polar surface area (TPSA) is 30.7 Å². The lowest BCUT2D eigenvalue weighted by Gasteiger charge is -2.00. The molecule has 0 aliphatic carbocycles. The molecule has 1 rings (SSSR count). The van der Waals surface area contributed by atoms with Crippen LogP contribution in [0, 0.1) is 10.1 Å². The molecule has 0 bridgehead atoms. The first-order chi connectivity index (χ1) is 7.52. The first-order valence-corrected chi connectivity index (χ1v) is 6.79. The molecule has 0 unspecified atom stereocenters. The van der Waals surface area contributed by atoms with Crippen molar-refractivity contribution in [3.05, 3.63) is 24.7 Å². The lowest BCUT2D eigenvalue weighted by Crippen LogP contribution is -2.03. The van der Waals surface area contributed by atoms with Gasteiger partial charge in [0.2, 0.25) is 5.69 Å². The first kappa shape index (κ1) is 13.5. The largest absolute Gasteiger partial charge is 0.462 e. The van der Waals surface area contributed by atoms with Gasteiger partial charge in [-0.3, -0.25) is 0 Å². The normalized spacial score (nSPS) is 10.2. The van der Waals surface area contributed by atoms with Crippen molar-refractivity contribution < 1.29 is 9.53 Å². The van der Waals surface area contributed by atoms with Gasteiger partial charge in [0.15, 0.2) is 0 Å². The molecule has 5 heteroatoms. The summed E-state index contributed by atoms with van der Waals surface area (Å²) in [6, 6.07) is 0. The van der Waals surface area contributed by atoms with Gasteiger partial charge < -0.3 is 4.74 Å². The molecule has 16 heavy (non-hydrogen) atoms. The maximum atomic E-state index is 11.7. The van der Waals surface area contributed by atoms with Crippen molar-refractivity contribution in [2.45, 2.75) is 26.7 Å². The van der Waals surface area contributed by atoms with Crippen molar-refractivity contribution in [3.8, 4) is 0 Å². The molecule has 0 N–H and O–H groups in total. The molecule has 3 nitrogen and oxygen atoms in total. The van der Waals surface area contributed by atoms with E-state index in [1.54, 1.807) is 6.92 Å². The molecule has 0 amide bonds. The van der Waals surface area contributed by atoms with Gasteiger partial charge in [-0.1, -0.05) is 36.4 Å². The molecule has 0 saturated heterocycles. The molecule has 1 aromatic rings. The highest BCUT2D eigenvalue weighted by molar-refractivity contribution is 14.1. The Morgan fingerprint density at radius 2 is 2.25 bits per heavy atom. The predicted molar refractivity (Wildman–Crippen MR) is 73.3 cm³/mol. The Bertz CT molecular complexity index is 446. The van der Waals surface area contributed by atoms with Gasteiger partial charge in [0, 0.05) is 8.45 Å². The van der Waals surface area contributed by atoms with Gasteiger partial charge in [-0.2, -0.15) is 0 Å². The van der Waals surface area contributed by atoms with Crippen LogP contribution in [0.3, 0.4) is 0 Å². The summed E-state index contributed by atoms with van der Waals surface area (Å²) < 4.78 is 5.69. The zero-order chi connectivity index (χ0) is 12.3. The minimum atomic E-state index is -0.325. The molecule has 1 aromatic heterocycles. The second kappa shape index (κ2) is 5.64. The number of halogens is 1. The van der Waals surface area contributed by atoms with E-state index >= 15 is 0 Å². The highest BCUT2D eigenvalue weighted by Crippen LogP contribution is 2.41. The minimum absolute atomic E-state index is 0.255. The fourth-order valence-electron chi connectivity index (χ4n) is 1.24. The third-order valence-electron chi connectivity index (χ3n) is 1.95. The van der Waals surface area contributed by atoms with E-state index in [0.29, 0.717) is 17.2 Å². The van der Waals surface area contributed by atoms with Gasteiger partial charge in [0.1, 0.15) is 4.88 Å². The maximum Gasteiger partial charge on any atom is 0.348 e. The van der Waals surface area contributed by atoms with Crippen molar-refractivity contribution >= 4 is 45.6 Å². The van der Waals surface area contributed by atoms with Crippen LogP contribution in [-0.2, 0) is 4.74 Å². The molecule has 0 fully saturated rings. The minimum Gasteiger partial charge on any atom is -0.462 e. The molecule has 0 radical (unpaired) electrons. The Morgan fingerprint density at radius 3 is 2.62 bits per heavy atom. The molecular weight excluding hydrogens is 337 g/mol. The van der Waals surface area contributed by atoms with E-state index in [0.717, 1.165) is 8.45 Å². The number of thiophene rings is 1. The van der Waals surface area contributed by atoms with E-state index in [1.165, 1.54) is 11.3 Å². The smallest absolute Gasteiger partial charge is 0.348 e. The Balaban J connectivity index is 3.24. The molecule has 86 valence electrons. The van der Waals surface area contributed by atoms with Gasteiger partial charge in [-0.05, 0) is 12.8 Å². The van der Waals surface area contributed by atoms with Crippen LogP contribution in [0.1, 0.15) is 41.2 Å². The van der Waals surface area contributed by atoms with Gasteiger partial charge in [0.05, 0.1) is 13.2 Å². The van der Waals surface area contributed by atoms with Crippen LogP contribution in [0.4, 0.5) is 5.69 Å².